The number of benzene rings is 2. The number of hydrogen-bond acceptors (Lipinski definition) is 5. The quantitative estimate of drug-likeness (QED) is 0.488. The third-order valence-electron chi connectivity index (χ3n) is 6.99. The van der Waals surface area contributed by atoms with E-state index in [0.29, 0.717) is 25.9 Å². The molecular weight excluding hydrogens is 460 g/mol. The molecule has 0 bridgehead atoms. The lowest BCUT2D eigenvalue weighted by Crippen LogP contribution is -2.42. The number of hydrogen-bond donors (Lipinski definition) is 2. The van der Waals surface area contributed by atoms with Gasteiger partial charge < -0.3 is 24.8 Å². The predicted octanol–water partition coefficient (Wildman–Crippen LogP) is 4.79. The molecule has 0 saturated carbocycles. The third-order valence-corrected chi connectivity index (χ3v) is 6.99. The van der Waals surface area contributed by atoms with Crippen molar-refractivity contribution in [3.8, 4) is 11.1 Å². The Kier molecular flexibility index (Phi) is 8.25. The molecular formula is C28H32N2O6. The molecule has 0 aromatic heterocycles. The first kappa shape index (κ1) is 25.3. The van der Waals surface area contributed by atoms with Crippen LogP contribution >= 0.6 is 0 Å². The van der Waals surface area contributed by atoms with Crippen molar-refractivity contribution >= 4 is 18.2 Å². The summed E-state index contributed by atoms with van der Waals surface area (Å²) in [7, 11) is 0. The molecule has 1 atom stereocenters. The number of carboxylic acid groups (broad SMARTS) is 1. The van der Waals surface area contributed by atoms with Crippen LogP contribution in [0.25, 0.3) is 11.1 Å². The summed E-state index contributed by atoms with van der Waals surface area (Å²) in [6.45, 7) is 4.98. The Morgan fingerprint density at radius 2 is 1.64 bits per heavy atom. The van der Waals surface area contributed by atoms with Crippen LogP contribution in [0.5, 0.6) is 0 Å². The van der Waals surface area contributed by atoms with Crippen LogP contribution in [0, 0.1) is 5.92 Å². The maximum Gasteiger partial charge on any atom is 0.410 e. The maximum absolute atomic E-state index is 12.5. The van der Waals surface area contributed by atoms with Crippen molar-refractivity contribution < 1.29 is 29.0 Å². The Morgan fingerprint density at radius 1 is 1.03 bits per heavy atom. The van der Waals surface area contributed by atoms with E-state index in [4.69, 9.17) is 9.47 Å². The van der Waals surface area contributed by atoms with Gasteiger partial charge in [-0.1, -0.05) is 61.2 Å². The van der Waals surface area contributed by atoms with Gasteiger partial charge in [0.25, 0.3) is 0 Å². The summed E-state index contributed by atoms with van der Waals surface area (Å²) in [5.41, 5.74) is 4.46. The minimum absolute atomic E-state index is 0.0882. The maximum atomic E-state index is 12.5. The van der Waals surface area contributed by atoms with Crippen molar-refractivity contribution in [2.24, 2.45) is 5.92 Å². The summed E-state index contributed by atoms with van der Waals surface area (Å²) >= 11 is 0. The summed E-state index contributed by atoms with van der Waals surface area (Å²) in [5.74, 6) is -0.900. The van der Waals surface area contributed by atoms with Gasteiger partial charge in [-0.15, -0.1) is 0 Å². The average molecular weight is 493 g/mol. The monoisotopic (exact) mass is 492 g/mol. The Hall–Kier alpha value is -3.81. The molecule has 4 rings (SSSR count). The van der Waals surface area contributed by atoms with Gasteiger partial charge in [0.15, 0.2) is 0 Å². The number of nitrogens with one attached hydrogen (secondary N) is 1. The molecule has 2 aliphatic rings. The molecule has 1 fully saturated rings. The fourth-order valence-electron chi connectivity index (χ4n) is 5.07. The molecule has 190 valence electrons. The minimum Gasteiger partial charge on any atom is -0.480 e. The second kappa shape index (κ2) is 11.7. The van der Waals surface area contributed by atoms with Crippen LogP contribution in [0.2, 0.25) is 0 Å². The van der Waals surface area contributed by atoms with E-state index in [1.54, 1.807) is 4.90 Å². The third kappa shape index (κ3) is 5.87. The number of amides is 2. The lowest BCUT2D eigenvalue weighted by atomic mass is 9.90. The molecule has 8 heteroatoms. The Morgan fingerprint density at radius 3 is 2.22 bits per heavy atom. The fraction of sp³-hybridized carbons (Fsp3) is 0.393. The van der Waals surface area contributed by atoms with Crippen LogP contribution in [-0.2, 0) is 14.3 Å². The smallest absolute Gasteiger partial charge is 0.410 e. The van der Waals surface area contributed by atoms with Gasteiger partial charge in [0.1, 0.15) is 19.3 Å². The van der Waals surface area contributed by atoms with Crippen molar-refractivity contribution in [3.05, 3.63) is 72.3 Å². The van der Waals surface area contributed by atoms with E-state index in [9.17, 15) is 19.5 Å². The molecule has 1 aliphatic carbocycles. The summed E-state index contributed by atoms with van der Waals surface area (Å²) in [6.07, 6.45) is 2.90. The Bertz CT molecular complexity index is 1060. The van der Waals surface area contributed by atoms with Crippen LogP contribution in [0.4, 0.5) is 9.59 Å². The summed E-state index contributed by atoms with van der Waals surface area (Å²) < 4.78 is 10.6. The van der Waals surface area contributed by atoms with Gasteiger partial charge in [-0.05, 0) is 53.9 Å². The number of aliphatic carboxylic acids is 1. The zero-order valence-electron chi connectivity index (χ0n) is 20.2. The number of likely N-dealkylation sites (tertiary alicyclic amines) is 1. The minimum atomic E-state index is -1.09. The second-order valence-corrected chi connectivity index (χ2v) is 9.23. The lowest BCUT2D eigenvalue weighted by molar-refractivity contribution is -0.139. The topological polar surface area (TPSA) is 105 Å². The number of nitrogens with zero attached hydrogens (tertiary/aromatic N) is 1. The zero-order valence-corrected chi connectivity index (χ0v) is 20.2. The molecule has 36 heavy (non-hydrogen) atoms. The first-order valence-corrected chi connectivity index (χ1v) is 12.3. The largest absolute Gasteiger partial charge is 0.480 e. The van der Waals surface area contributed by atoms with Crippen LogP contribution in [-0.4, -0.2) is 60.5 Å². The van der Waals surface area contributed by atoms with Crippen molar-refractivity contribution in [2.45, 2.75) is 37.6 Å². The van der Waals surface area contributed by atoms with Crippen molar-refractivity contribution in [1.82, 2.24) is 10.2 Å². The summed E-state index contributed by atoms with van der Waals surface area (Å²) in [5, 5.41) is 12.2. The number of carbonyl (C=O) groups is 3. The van der Waals surface area contributed by atoms with Gasteiger partial charge in [0, 0.05) is 19.0 Å². The number of ether oxygens (including phenoxy) is 2. The van der Waals surface area contributed by atoms with Crippen LogP contribution in [0.1, 0.15) is 42.7 Å². The van der Waals surface area contributed by atoms with E-state index in [1.165, 1.54) is 6.08 Å². The van der Waals surface area contributed by atoms with Gasteiger partial charge in [-0.3, -0.25) is 0 Å². The van der Waals surface area contributed by atoms with E-state index in [2.05, 4.69) is 24.0 Å². The molecule has 2 N–H and O–H groups in total. The highest BCUT2D eigenvalue weighted by atomic mass is 16.6. The normalized spacial score (nSPS) is 15.9. The van der Waals surface area contributed by atoms with Crippen molar-refractivity contribution in [2.75, 3.05) is 26.3 Å². The highest BCUT2D eigenvalue weighted by molar-refractivity contribution is 5.81. The molecule has 1 heterocycles. The van der Waals surface area contributed by atoms with Gasteiger partial charge in [-0.25, -0.2) is 14.4 Å². The van der Waals surface area contributed by atoms with E-state index in [1.807, 2.05) is 36.4 Å². The van der Waals surface area contributed by atoms with Crippen molar-refractivity contribution in [3.63, 3.8) is 0 Å². The number of carbonyl (C=O) groups excluding carboxylic acids is 2. The molecule has 1 saturated heterocycles. The second-order valence-electron chi connectivity index (χ2n) is 9.23. The highest BCUT2D eigenvalue weighted by Crippen LogP contribution is 2.44. The number of fused-ring (bicyclic) bond motifs is 3. The molecule has 0 spiro atoms. The SMILES string of the molecule is C=CCOC(=O)N1CCC(CC[C@H](NC(=O)OCC2c3ccccc3-c3ccccc32)C(=O)O)CC1. The predicted molar refractivity (Wildman–Crippen MR) is 135 cm³/mol. The molecule has 8 nitrogen and oxygen atoms in total. The lowest BCUT2D eigenvalue weighted by Gasteiger charge is -2.31. The van der Waals surface area contributed by atoms with E-state index in [0.717, 1.165) is 35.1 Å². The molecule has 0 radical (unpaired) electrons. The average Bonchev–Trinajstić information content (AvgIpc) is 3.22. The standard InChI is InChI=1S/C28H32N2O6/c1-2-17-35-28(34)30-15-13-19(14-16-30)11-12-25(26(31)32)29-27(33)36-18-24-22-9-5-3-7-20(22)21-8-4-6-10-23(21)24/h2-10,19,24-25H,1,11-18H2,(H,29,33)(H,31,32)/t25-/m0/s1. The van der Waals surface area contributed by atoms with Crippen LogP contribution < -0.4 is 5.32 Å². The van der Waals surface area contributed by atoms with Gasteiger partial charge in [0.2, 0.25) is 0 Å². The number of alkyl carbamates (subject to hydrolysis) is 1. The van der Waals surface area contributed by atoms with Crippen LogP contribution in [0.3, 0.4) is 0 Å². The fourth-order valence-corrected chi connectivity index (χ4v) is 5.07. The Labute approximate surface area is 210 Å². The number of carboxylic acids is 1. The van der Waals surface area contributed by atoms with Crippen LogP contribution in [0.15, 0.2) is 61.2 Å². The highest BCUT2D eigenvalue weighted by Gasteiger charge is 2.30. The van der Waals surface area contributed by atoms with Gasteiger partial charge in [-0.2, -0.15) is 0 Å². The summed E-state index contributed by atoms with van der Waals surface area (Å²) in [6, 6.07) is 15.1. The number of piperidine rings is 1. The molecule has 2 aromatic carbocycles. The number of rotatable bonds is 9. The first-order valence-electron chi connectivity index (χ1n) is 12.3. The molecule has 2 amide bonds. The van der Waals surface area contributed by atoms with E-state index >= 15 is 0 Å². The van der Waals surface area contributed by atoms with E-state index < -0.39 is 18.1 Å². The molecule has 0 unspecified atom stereocenters. The summed E-state index contributed by atoms with van der Waals surface area (Å²) in [4.78, 5) is 37.9. The van der Waals surface area contributed by atoms with E-state index in [-0.39, 0.29) is 31.1 Å². The van der Waals surface area contributed by atoms with Gasteiger partial charge >= 0.3 is 18.2 Å². The Balaban J connectivity index is 1.26. The van der Waals surface area contributed by atoms with Gasteiger partial charge in [0.05, 0.1) is 0 Å². The zero-order chi connectivity index (χ0) is 25.5. The van der Waals surface area contributed by atoms with Crippen molar-refractivity contribution in [1.29, 1.82) is 0 Å². The molecule has 1 aliphatic heterocycles. The first-order chi connectivity index (χ1) is 17.5. The molecule has 2 aromatic rings.